The molecule has 0 saturated heterocycles. The molecule has 0 aliphatic heterocycles. The Morgan fingerprint density at radius 2 is 1.92 bits per heavy atom. The molecule has 0 atom stereocenters. The fourth-order valence-electron chi connectivity index (χ4n) is 1.07. The number of allylic oxidation sites excluding steroid dienone is 3. The molecule has 0 heterocycles. The molecule has 0 aromatic rings. The largest absolute Gasteiger partial charge is 0.0980 e. The maximum Gasteiger partial charge on any atom is 0.0129 e. The molecule has 0 unspecified atom stereocenters. The molecule has 1 heteroatoms. The Morgan fingerprint density at radius 1 is 1.25 bits per heavy atom. The van der Waals surface area contributed by atoms with Crippen LogP contribution in [-0.4, -0.2) is 0 Å². The van der Waals surface area contributed by atoms with Gasteiger partial charge in [0, 0.05) is 4.48 Å². The highest BCUT2D eigenvalue weighted by Gasteiger charge is 1.87. The third-order valence-electron chi connectivity index (χ3n) is 1.84. The van der Waals surface area contributed by atoms with Gasteiger partial charge in [0.05, 0.1) is 0 Å². The van der Waals surface area contributed by atoms with E-state index in [1.807, 2.05) is 6.08 Å². The normalized spacial score (nSPS) is 11.7. The van der Waals surface area contributed by atoms with E-state index in [4.69, 9.17) is 0 Å². The molecule has 0 amide bonds. The van der Waals surface area contributed by atoms with Crippen molar-refractivity contribution in [1.82, 2.24) is 0 Å². The SMILES string of the molecule is C=C/C(Br)=C/CCCCCCC. The summed E-state index contributed by atoms with van der Waals surface area (Å²) >= 11 is 3.40. The van der Waals surface area contributed by atoms with Gasteiger partial charge in [-0.1, -0.05) is 67.3 Å². The summed E-state index contributed by atoms with van der Waals surface area (Å²) in [7, 11) is 0. The molecule has 12 heavy (non-hydrogen) atoms. The molecule has 0 radical (unpaired) electrons. The first-order valence-corrected chi connectivity index (χ1v) is 5.58. The zero-order chi connectivity index (χ0) is 9.23. The van der Waals surface area contributed by atoms with E-state index in [1.165, 1.54) is 38.5 Å². The van der Waals surface area contributed by atoms with Crippen molar-refractivity contribution < 1.29 is 0 Å². The molecule has 0 saturated carbocycles. The van der Waals surface area contributed by atoms with Crippen LogP contribution < -0.4 is 0 Å². The molecule has 0 aromatic heterocycles. The van der Waals surface area contributed by atoms with E-state index in [1.54, 1.807) is 0 Å². The molecule has 0 rings (SSSR count). The summed E-state index contributed by atoms with van der Waals surface area (Å²) in [5, 5.41) is 0. The quantitative estimate of drug-likeness (QED) is 0.435. The van der Waals surface area contributed by atoms with Gasteiger partial charge in [-0.2, -0.15) is 0 Å². The van der Waals surface area contributed by atoms with Crippen LogP contribution in [-0.2, 0) is 0 Å². The molecule has 70 valence electrons. The number of halogens is 1. The van der Waals surface area contributed by atoms with Crippen LogP contribution in [0.3, 0.4) is 0 Å². The first kappa shape index (κ1) is 12.0. The minimum atomic E-state index is 1.12. The minimum Gasteiger partial charge on any atom is -0.0980 e. The van der Waals surface area contributed by atoms with Crippen molar-refractivity contribution in [2.45, 2.75) is 45.4 Å². The van der Waals surface area contributed by atoms with Crippen molar-refractivity contribution in [3.05, 3.63) is 23.2 Å². The zero-order valence-electron chi connectivity index (χ0n) is 7.98. The second-order valence-electron chi connectivity index (χ2n) is 3.00. The summed E-state index contributed by atoms with van der Waals surface area (Å²) in [4.78, 5) is 0. The van der Waals surface area contributed by atoms with Gasteiger partial charge in [-0.3, -0.25) is 0 Å². The number of hydrogen-bond donors (Lipinski definition) is 0. The third-order valence-corrected chi connectivity index (χ3v) is 2.49. The van der Waals surface area contributed by atoms with Crippen LogP contribution in [0.1, 0.15) is 45.4 Å². The minimum absolute atomic E-state index is 1.12. The lowest BCUT2D eigenvalue weighted by Crippen LogP contribution is -1.76. The van der Waals surface area contributed by atoms with Crippen LogP contribution in [0.15, 0.2) is 23.2 Å². The lowest BCUT2D eigenvalue weighted by molar-refractivity contribution is 0.637. The Balaban J connectivity index is 3.15. The van der Waals surface area contributed by atoms with E-state index in [2.05, 4.69) is 35.5 Å². The fraction of sp³-hybridized carbons (Fsp3) is 0.636. The molecule has 0 N–H and O–H groups in total. The van der Waals surface area contributed by atoms with Crippen molar-refractivity contribution in [2.75, 3.05) is 0 Å². The molecule has 0 bridgehead atoms. The van der Waals surface area contributed by atoms with E-state index < -0.39 is 0 Å². The summed E-state index contributed by atoms with van der Waals surface area (Å²) in [6.45, 7) is 5.92. The number of rotatable bonds is 7. The van der Waals surface area contributed by atoms with Crippen LogP contribution in [0.4, 0.5) is 0 Å². The summed E-state index contributed by atoms with van der Waals surface area (Å²) < 4.78 is 1.12. The first-order chi connectivity index (χ1) is 5.81. The Hall–Kier alpha value is -0.0400. The first-order valence-electron chi connectivity index (χ1n) is 4.79. The zero-order valence-corrected chi connectivity index (χ0v) is 9.57. The van der Waals surface area contributed by atoms with Gasteiger partial charge in [0.1, 0.15) is 0 Å². The van der Waals surface area contributed by atoms with Gasteiger partial charge >= 0.3 is 0 Å². The Kier molecular flexibility index (Phi) is 9.02. The summed E-state index contributed by atoms with van der Waals surface area (Å²) in [6.07, 6.45) is 12.0. The highest BCUT2D eigenvalue weighted by atomic mass is 79.9. The number of hydrogen-bond acceptors (Lipinski definition) is 0. The van der Waals surface area contributed by atoms with Crippen LogP contribution in [0.2, 0.25) is 0 Å². The number of unbranched alkanes of at least 4 members (excludes halogenated alkanes) is 5. The van der Waals surface area contributed by atoms with Crippen LogP contribution in [0.25, 0.3) is 0 Å². The predicted octanol–water partition coefficient (Wildman–Crippen LogP) is 4.81. The molecule has 0 nitrogen and oxygen atoms in total. The van der Waals surface area contributed by atoms with E-state index in [0.717, 1.165) is 4.48 Å². The summed E-state index contributed by atoms with van der Waals surface area (Å²) in [5.74, 6) is 0. The van der Waals surface area contributed by atoms with E-state index in [9.17, 15) is 0 Å². The molecular formula is C11H19Br. The van der Waals surface area contributed by atoms with Gasteiger partial charge in [-0.15, -0.1) is 0 Å². The Labute approximate surface area is 84.9 Å². The van der Waals surface area contributed by atoms with Gasteiger partial charge in [0.25, 0.3) is 0 Å². The van der Waals surface area contributed by atoms with Crippen LogP contribution in [0.5, 0.6) is 0 Å². The Morgan fingerprint density at radius 3 is 2.50 bits per heavy atom. The highest BCUT2D eigenvalue weighted by molar-refractivity contribution is 9.11. The van der Waals surface area contributed by atoms with Crippen molar-refractivity contribution >= 4 is 15.9 Å². The standard InChI is InChI=1S/C11H19Br/c1-3-5-6-7-8-9-10-11(12)4-2/h4,10H,2-3,5-9H2,1H3/b11-10-. The third kappa shape index (κ3) is 8.06. The second-order valence-corrected chi connectivity index (χ2v) is 3.91. The van der Waals surface area contributed by atoms with Crippen molar-refractivity contribution in [2.24, 2.45) is 0 Å². The molecule has 0 spiro atoms. The lowest BCUT2D eigenvalue weighted by Gasteiger charge is -1.96. The molecule has 0 aromatic carbocycles. The van der Waals surface area contributed by atoms with E-state index in [-0.39, 0.29) is 0 Å². The molecule has 0 aliphatic carbocycles. The summed E-state index contributed by atoms with van der Waals surface area (Å²) in [6, 6.07) is 0. The molecule has 0 fully saturated rings. The van der Waals surface area contributed by atoms with Crippen molar-refractivity contribution in [3.63, 3.8) is 0 Å². The summed E-state index contributed by atoms with van der Waals surface area (Å²) in [5.41, 5.74) is 0. The highest BCUT2D eigenvalue weighted by Crippen LogP contribution is 2.10. The van der Waals surface area contributed by atoms with Gasteiger partial charge in [-0.25, -0.2) is 0 Å². The lowest BCUT2D eigenvalue weighted by atomic mass is 10.1. The smallest absolute Gasteiger partial charge is 0.0129 e. The van der Waals surface area contributed by atoms with E-state index in [0.29, 0.717) is 0 Å². The van der Waals surface area contributed by atoms with Gasteiger partial charge in [-0.05, 0) is 12.8 Å². The maximum atomic E-state index is 3.67. The second kappa shape index (κ2) is 9.05. The monoisotopic (exact) mass is 230 g/mol. The predicted molar refractivity (Wildman–Crippen MR) is 60.6 cm³/mol. The average molecular weight is 231 g/mol. The average Bonchev–Trinajstić information content (AvgIpc) is 2.10. The van der Waals surface area contributed by atoms with Crippen molar-refractivity contribution in [1.29, 1.82) is 0 Å². The Bertz CT molecular complexity index is 136. The van der Waals surface area contributed by atoms with Gasteiger partial charge < -0.3 is 0 Å². The van der Waals surface area contributed by atoms with Gasteiger partial charge in [0.15, 0.2) is 0 Å². The van der Waals surface area contributed by atoms with E-state index >= 15 is 0 Å². The fourth-order valence-corrected chi connectivity index (χ4v) is 1.30. The van der Waals surface area contributed by atoms with Crippen molar-refractivity contribution in [3.8, 4) is 0 Å². The molecular weight excluding hydrogens is 212 g/mol. The van der Waals surface area contributed by atoms with Crippen LogP contribution in [0, 0.1) is 0 Å². The maximum absolute atomic E-state index is 3.67. The molecule has 0 aliphatic rings. The topological polar surface area (TPSA) is 0 Å². The van der Waals surface area contributed by atoms with Gasteiger partial charge in [0.2, 0.25) is 0 Å². The van der Waals surface area contributed by atoms with Crippen LogP contribution >= 0.6 is 15.9 Å².